The number of ether oxygens (including phenoxy) is 3. The largest absolute Gasteiger partial charge is 0.493 e. The third kappa shape index (κ3) is 4.69. The van der Waals surface area contributed by atoms with E-state index < -0.39 is 11.6 Å². The smallest absolute Gasteiger partial charge is 0.349 e. The van der Waals surface area contributed by atoms with Crippen LogP contribution >= 0.6 is 0 Å². The molecule has 0 aliphatic heterocycles. The summed E-state index contributed by atoms with van der Waals surface area (Å²) >= 11 is 0. The number of esters is 1. The van der Waals surface area contributed by atoms with Crippen molar-refractivity contribution in [3.63, 3.8) is 0 Å². The summed E-state index contributed by atoms with van der Waals surface area (Å²) in [4.78, 5) is 11.7. The van der Waals surface area contributed by atoms with Crippen LogP contribution in [0.4, 0.5) is 0 Å². The predicted molar refractivity (Wildman–Crippen MR) is 86.1 cm³/mol. The van der Waals surface area contributed by atoms with E-state index in [0.29, 0.717) is 12.4 Å². The van der Waals surface area contributed by atoms with Crippen LogP contribution in [0.2, 0.25) is 6.32 Å². The van der Waals surface area contributed by atoms with Crippen molar-refractivity contribution < 1.29 is 19.0 Å². The van der Waals surface area contributed by atoms with Crippen molar-refractivity contribution in [1.29, 1.82) is 0 Å². The molecule has 0 radical (unpaired) electrons. The Morgan fingerprint density at radius 2 is 1.76 bits per heavy atom. The number of rotatable bonds is 7. The normalized spacial score (nSPS) is 11.1. The van der Waals surface area contributed by atoms with Crippen LogP contribution in [0.5, 0.6) is 11.5 Å². The molecule has 0 bridgehead atoms. The van der Waals surface area contributed by atoms with E-state index in [1.807, 2.05) is 26.0 Å². The monoisotopic (exact) mass is 292 g/mol. The minimum absolute atomic E-state index is 0.400. The molecular formula is C16H25BO4. The lowest BCUT2D eigenvalue weighted by Gasteiger charge is -2.25. The molecule has 1 rings (SSSR count). The van der Waals surface area contributed by atoms with Gasteiger partial charge in [-0.05, 0) is 57.4 Å². The molecule has 4 nitrogen and oxygen atoms in total. The van der Waals surface area contributed by atoms with Crippen molar-refractivity contribution in [1.82, 2.24) is 0 Å². The van der Waals surface area contributed by atoms with Crippen molar-refractivity contribution in [3.05, 3.63) is 23.3 Å². The second kappa shape index (κ2) is 7.39. The Labute approximate surface area is 128 Å². The minimum Gasteiger partial charge on any atom is -0.493 e. The number of hydrogen-bond acceptors (Lipinski definition) is 4. The number of carbonyl (C=O) groups is 1. The van der Waals surface area contributed by atoms with E-state index in [1.165, 1.54) is 7.11 Å². The number of aryl methyl sites for hydroxylation is 2. The van der Waals surface area contributed by atoms with Crippen molar-refractivity contribution >= 4 is 13.8 Å². The molecule has 0 N–H and O–H groups in total. The summed E-state index contributed by atoms with van der Waals surface area (Å²) in [6.45, 7) is 8.01. The van der Waals surface area contributed by atoms with Gasteiger partial charge in [-0.1, -0.05) is 6.32 Å². The van der Waals surface area contributed by atoms with E-state index in [4.69, 9.17) is 14.2 Å². The molecule has 0 fully saturated rings. The zero-order chi connectivity index (χ0) is 16.0. The number of methoxy groups -OCH3 is 1. The SMILES string of the molecule is BCCCOc1cc(C)c(OC(C)(C)C(=O)OC)cc1C. The average molecular weight is 292 g/mol. The molecule has 0 aliphatic carbocycles. The van der Waals surface area contributed by atoms with Gasteiger partial charge < -0.3 is 14.2 Å². The van der Waals surface area contributed by atoms with Gasteiger partial charge in [-0.25, -0.2) is 4.79 Å². The van der Waals surface area contributed by atoms with E-state index in [9.17, 15) is 4.79 Å². The Hall–Kier alpha value is -1.65. The summed E-state index contributed by atoms with van der Waals surface area (Å²) in [7, 11) is 3.49. The van der Waals surface area contributed by atoms with Crippen LogP contribution in [0.15, 0.2) is 12.1 Å². The number of hydrogen-bond donors (Lipinski definition) is 0. The highest BCUT2D eigenvalue weighted by Gasteiger charge is 2.31. The maximum Gasteiger partial charge on any atom is 0.349 e. The van der Waals surface area contributed by atoms with Crippen LogP contribution in [0.1, 0.15) is 31.4 Å². The summed E-state index contributed by atoms with van der Waals surface area (Å²) in [5, 5.41) is 0. The predicted octanol–water partition coefficient (Wildman–Crippen LogP) is 2.45. The van der Waals surface area contributed by atoms with Crippen LogP contribution in [0.3, 0.4) is 0 Å². The zero-order valence-corrected chi connectivity index (χ0v) is 13.9. The molecule has 0 unspecified atom stereocenters. The first-order valence-corrected chi connectivity index (χ1v) is 7.33. The van der Waals surface area contributed by atoms with Crippen LogP contribution in [-0.4, -0.2) is 33.1 Å². The topological polar surface area (TPSA) is 44.8 Å². The van der Waals surface area contributed by atoms with E-state index in [-0.39, 0.29) is 0 Å². The van der Waals surface area contributed by atoms with Crippen molar-refractivity contribution in [3.8, 4) is 11.5 Å². The van der Waals surface area contributed by atoms with Gasteiger partial charge in [0.05, 0.1) is 13.7 Å². The fraction of sp³-hybridized carbons (Fsp3) is 0.562. The van der Waals surface area contributed by atoms with Gasteiger partial charge in [0, 0.05) is 0 Å². The van der Waals surface area contributed by atoms with Gasteiger partial charge in [0.25, 0.3) is 0 Å². The van der Waals surface area contributed by atoms with Gasteiger partial charge in [0.1, 0.15) is 19.3 Å². The molecule has 0 saturated heterocycles. The Bertz CT molecular complexity index is 497. The molecule has 116 valence electrons. The fourth-order valence-electron chi connectivity index (χ4n) is 1.92. The van der Waals surface area contributed by atoms with Crippen LogP contribution in [0, 0.1) is 13.8 Å². The summed E-state index contributed by atoms with van der Waals surface area (Å²) in [5.74, 6) is 1.14. The maximum absolute atomic E-state index is 11.7. The summed E-state index contributed by atoms with van der Waals surface area (Å²) in [6.07, 6.45) is 2.14. The molecule has 1 aromatic rings. The second-order valence-corrected chi connectivity index (χ2v) is 5.69. The standard InChI is InChI=1S/C16H25BO4/c1-11-10-14(21-16(3,4)15(18)19-5)12(2)9-13(11)20-8-6-7-17/h9-10H,6-8,17H2,1-5H3. The maximum atomic E-state index is 11.7. The molecule has 21 heavy (non-hydrogen) atoms. The molecule has 0 spiro atoms. The van der Waals surface area contributed by atoms with E-state index in [0.717, 1.165) is 29.6 Å². The molecular weight excluding hydrogens is 267 g/mol. The molecule has 0 aromatic heterocycles. The molecule has 1 aromatic carbocycles. The van der Waals surface area contributed by atoms with E-state index >= 15 is 0 Å². The molecule has 0 saturated carbocycles. The first kappa shape index (κ1) is 17.4. The highest BCUT2D eigenvalue weighted by molar-refractivity contribution is 6.08. The van der Waals surface area contributed by atoms with E-state index in [1.54, 1.807) is 13.8 Å². The van der Waals surface area contributed by atoms with Crippen molar-refractivity contribution in [2.75, 3.05) is 13.7 Å². The van der Waals surface area contributed by atoms with Gasteiger partial charge in [-0.3, -0.25) is 0 Å². The molecule has 0 amide bonds. The van der Waals surface area contributed by atoms with Gasteiger partial charge in [0.15, 0.2) is 5.60 Å². The third-order valence-electron chi connectivity index (χ3n) is 3.27. The van der Waals surface area contributed by atoms with Gasteiger partial charge in [0.2, 0.25) is 0 Å². The Morgan fingerprint density at radius 1 is 1.19 bits per heavy atom. The minimum atomic E-state index is -1.02. The van der Waals surface area contributed by atoms with Gasteiger partial charge in [-0.2, -0.15) is 0 Å². The lowest BCUT2D eigenvalue weighted by Crippen LogP contribution is -2.39. The second-order valence-electron chi connectivity index (χ2n) is 5.69. The number of benzene rings is 1. The zero-order valence-electron chi connectivity index (χ0n) is 13.9. The summed E-state index contributed by atoms with van der Waals surface area (Å²) in [5.41, 5.74) is 0.910. The van der Waals surface area contributed by atoms with Crippen molar-refractivity contribution in [2.24, 2.45) is 0 Å². The molecule has 5 heteroatoms. The van der Waals surface area contributed by atoms with Gasteiger partial charge >= 0.3 is 5.97 Å². The number of carbonyl (C=O) groups excluding carboxylic acids is 1. The Morgan fingerprint density at radius 3 is 2.33 bits per heavy atom. The molecule has 0 heterocycles. The highest BCUT2D eigenvalue weighted by atomic mass is 16.6. The van der Waals surface area contributed by atoms with Crippen molar-refractivity contribution in [2.45, 2.75) is 46.0 Å². The highest BCUT2D eigenvalue weighted by Crippen LogP contribution is 2.30. The van der Waals surface area contributed by atoms with E-state index in [2.05, 4.69) is 7.85 Å². The van der Waals surface area contributed by atoms with Crippen LogP contribution in [-0.2, 0) is 9.53 Å². The first-order chi connectivity index (χ1) is 9.81. The fourth-order valence-corrected chi connectivity index (χ4v) is 1.92. The van der Waals surface area contributed by atoms with Crippen LogP contribution < -0.4 is 9.47 Å². The Kier molecular flexibility index (Phi) is 6.12. The van der Waals surface area contributed by atoms with Crippen LogP contribution in [0.25, 0.3) is 0 Å². The quantitative estimate of drug-likeness (QED) is 0.440. The third-order valence-corrected chi connectivity index (χ3v) is 3.27. The average Bonchev–Trinajstić information content (AvgIpc) is 2.42. The summed E-state index contributed by atoms with van der Waals surface area (Å²) in [6, 6.07) is 3.86. The lowest BCUT2D eigenvalue weighted by atomic mass is 10.0. The molecule has 0 atom stereocenters. The Balaban J connectivity index is 2.91. The summed E-state index contributed by atoms with van der Waals surface area (Å²) < 4.78 is 16.3. The lowest BCUT2D eigenvalue weighted by molar-refractivity contribution is -0.156. The first-order valence-electron chi connectivity index (χ1n) is 7.33. The van der Waals surface area contributed by atoms with Gasteiger partial charge in [-0.15, -0.1) is 0 Å². The molecule has 0 aliphatic rings.